The predicted molar refractivity (Wildman–Crippen MR) is 51.6 cm³/mol. The molecule has 0 aliphatic carbocycles. The average Bonchev–Trinajstić information content (AvgIpc) is 2.43. The van der Waals surface area contributed by atoms with Gasteiger partial charge in [-0.1, -0.05) is 6.92 Å². The highest BCUT2D eigenvalue weighted by Gasteiger charge is 2.09. The first-order valence-corrected chi connectivity index (χ1v) is 4.87. The van der Waals surface area contributed by atoms with Crippen molar-refractivity contribution in [2.45, 2.75) is 26.2 Å². The van der Waals surface area contributed by atoms with Crippen molar-refractivity contribution in [2.24, 2.45) is 0 Å². The summed E-state index contributed by atoms with van der Waals surface area (Å²) in [5.41, 5.74) is 1.81. The maximum Gasteiger partial charge on any atom is 0.303 e. The van der Waals surface area contributed by atoms with Crippen LogP contribution in [0.2, 0.25) is 0 Å². The number of hydrogen-bond donors (Lipinski definition) is 2. The number of nitrogens with one attached hydrogen (secondary N) is 1. The molecular formula is C8H11BrN2O2. The lowest BCUT2D eigenvalue weighted by atomic mass is 10.2. The van der Waals surface area contributed by atoms with Crippen LogP contribution >= 0.6 is 15.9 Å². The normalized spacial score (nSPS) is 10.3. The van der Waals surface area contributed by atoms with E-state index in [1.807, 2.05) is 6.92 Å². The monoisotopic (exact) mass is 246 g/mol. The lowest BCUT2D eigenvalue weighted by molar-refractivity contribution is -0.136. The number of H-pyrrole nitrogens is 1. The molecule has 0 saturated heterocycles. The molecule has 0 aliphatic rings. The highest BCUT2D eigenvalue weighted by molar-refractivity contribution is 9.10. The van der Waals surface area contributed by atoms with Gasteiger partial charge in [0.15, 0.2) is 0 Å². The second-order valence-corrected chi connectivity index (χ2v) is 3.50. The van der Waals surface area contributed by atoms with Crippen molar-refractivity contribution in [3.8, 4) is 0 Å². The van der Waals surface area contributed by atoms with Crippen molar-refractivity contribution in [1.82, 2.24) is 10.2 Å². The molecule has 5 heteroatoms. The zero-order valence-electron chi connectivity index (χ0n) is 7.30. The Morgan fingerprint density at radius 1 is 1.69 bits per heavy atom. The van der Waals surface area contributed by atoms with Gasteiger partial charge < -0.3 is 5.11 Å². The Kier molecular flexibility index (Phi) is 3.48. The molecule has 0 amide bonds. The summed E-state index contributed by atoms with van der Waals surface area (Å²) in [6, 6.07) is 0. The number of aromatic nitrogens is 2. The smallest absolute Gasteiger partial charge is 0.303 e. The number of aliphatic carboxylic acids is 1. The van der Waals surface area contributed by atoms with Gasteiger partial charge in [-0.2, -0.15) is 5.10 Å². The molecule has 0 aliphatic heterocycles. The van der Waals surface area contributed by atoms with E-state index in [9.17, 15) is 4.79 Å². The summed E-state index contributed by atoms with van der Waals surface area (Å²) >= 11 is 3.37. The number of hydrogen-bond acceptors (Lipinski definition) is 2. The summed E-state index contributed by atoms with van der Waals surface area (Å²) in [4.78, 5) is 10.3. The molecule has 0 radical (unpaired) electrons. The molecule has 2 N–H and O–H groups in total. The van der Waals surface area contributed by atoms with Crippen molar-refractivity contribution in [3.05, 3.63) is 15.9 Å². The van der Waals surface area contributed by atoms with Gasteiger partial charge in [0.1, 0.15) is 0 Å². The first kappa shape index (κ1) is 10.2. The van der Waals surface area contributed by atoms with Crippen molar-refractivity contribution < 1.29 is 9.90 Å². The van der Waals surface area contributed by atoms with Crippen molar-refractivity contribution in [2.75, 3.05) is 0 Å². The molecule has 0 spiro atoms. The molecule has 1 rings (SSSR count). The van der Waals surface area contributed by atoms with Gasteiger partial charge in [-0.05, 0) is 22.4 Å². The van der Waals surface area contributed by atoms with E-state index < -0.39 is 5.97 Å². The number of rotatable bonds is 4. The van der Waals surface area contributed by atoms with E-state index in [-0.39, 0.29) is 6.42 Å². The van der Waals surface area contributed by atoms with Crippen LogP contribution in [-0.2, 0) is 17.6 Å². The SMILES string of the molecule is CCc1n[nH]c(CCC(=O)O)c1Br. The summed E-state index contributed by atoms with van der Waals surface area (Å²) in [5, 5.41) is 15.3. The molecule has 1 aromatic rings. The largest absolute Gasteiger partial charge is 0.481 e. The Morgan fingerprint density at radius 3 is 2.85 bits per heavy atom. The Hall–Kier alpha value is -0.840. The van der Waals surface area contributed by atoms with Gasteiger partial charge in [-0.25, -0.2) is 0 Å². The Morgan fingerprint density at radius 2 is 2.38 bits per heavy atom. The lowest BCUT2D eigenvalue weighted by Gasteiger charge is -1.94. The van der Waals surface area contributed by atoms with Crippen LogP contribution in [0.25, 0.3) is 0 Å². The number of halogens is 1. The number of carbonyl (C=O) groups is 1. The quantitative estimate of drug-likeness (QED) is 0.851. The highest BCUT2D eigenvalue weighted by Crippen LogP contribution is 2.20. The molecule has 0 fully saturated rings. The first-order valence-electron chi connectivity index (χ1n) is 4.08. The Labute approximate surface area is 84.5 Å². The summed E-state index contributed by atoms with van der Waals surface area (Å²) in [7, 11) is 0. The van der Waals surface area contributed by atoms with Crippen molar-refractivity contribution in [1.29, 1.82) is 0 Å². The minimum absolute atomic E-state index is 0.129. The highest BCUT2D eigenvalue weighted by atomic mass is 79.9. The third-order valence-electron chi connectivity index (χ3n) is 1.77. The molecule has 1 aromatic heterocycles. The average molecular weight is 247 g/mol. The van der Waals surface area contributed by atoms with Gasteiger partial charge in [-0.15, -0.1) is 0 Å². The minimum Gasteiger partial charge on any atom is -0.481 e. The fraction of sp³-hybridized carbons (Fsp3) is 0.500. The van der Waals surface area contributed by atoms with E-state index in [0.29, 0.717) is 6.42 Å². The minimum atomic E-state index is -0.792. The van der Waals surface area contributed by atoms with Crippen LogP contribution in [0.4, 0.5) is 0 Å². The number of nitrogens with zero attached hydrogens (tertiary/aromatic N) is 1. The van der Waals surface area contributed by atoms with E-state index in [1.54, 1.807) is 0 Å². The molecule has 0 unspecified atom stereocenters. The van der Waals surface area contributed by atoms with Gasteiger partial charge in [0.25, 0.3) is 0 Å². The van der Waals surface area contributed by atoms with Gasteiger partial charge in [0, 0.05) is 6.42 Å². The maximum atomic E-state index is 10.3. The van der Waals surface area contributed by atoms with Crippen LogP contribution in [0.5, 0.6) is 0 Å². The predicted octanol–water partition coefficient (Wildman–Crippen LogP) is 1.75. The van der Waals surface area contributed by atoms with Crippen LogP contribution in [0.1, 0.15) is 24.7 Å². The van der Waals surface area contributed by atoms with Gasteiger partial charge in [0.2, 0.25) is 0 Å². The van der Waals surface area contributed by atoms with Crippen LogP contribution in [0.3, 0.4) is 0 Å². The lowest BCUT2D eigenvalue weighted by Crippen LogP contribution is -1.98. The van der Waals surface area contributed by atoms with Crippen LogP contribution in [-0.4, -0.2) is 21.3 Å². The molecule has 0 atom stereocenters. The number of aryl methyl sites for hydroxylation is 2. The van der Waals surface area contributed by atoms with Crippen molar-refractivity contribution in [3.63, 3.8) is 0 Å². The molecule has 1 heterocycles. The maximum absolute atomic E-state index is 10.3. The molecule has 13 heavy (non-hydrogen) atoms. The summed E-state index contributed by atoms with van der Waals surface area (Å²) in [5.74, 6) is -0.792. The Bertz CT molecular complexity index is 309. The second-order valence-electron chi connectivity index (χ2n) is 2.71. The molecular weight excluding hydrogens is 236 g/mol. The van der Waals surface area contributed by atoms with Gasteiger partial charge >= 0.3 is 5.97 Å². The van der Waals surface area contributed by atoms with E-state index in [4.69, 9.17) is 5.11 Å². The summed E-state index contributed by atoms with van der Waals surface area (Å²) < 4.78 is 0.913. The van der Waals surface area contributed by atoms with Gasteiger partial charge in [0.05, 0.1) is 22.3 Å². The summed E-state index contributed by atoms with van der Waals surface area (Å²) in [6.07, 6.45) is 1.46. The van der Waals surface area contributed by atoms with E-state index >= 15 is 0 Å². The molecule has 0 aromatic carbocycles. The van der Waals surface area contributed by atoms with Crippen LogP contribution < -0.4 is 0 Å². The summed E-state index contributed by atoms with van der Waals surface area (Å²) in [6.45, 7) is 2.00. The zero-order valence-corrected chi connectivity index (χ0v) is 8.89. The third-order valence-corrected chi connectivity index (χ3v) is 2.70. The first-order chi connectivity index (χ1) is 6.15. The standard InChI is InChI=1S/C8H11BrN2O2/c1-2-5-8(9)6(11-10-5)3-4-7(12)13/h2-4H2,1H3,(H,10,11)(H,12,13). The topological polar surface area (TPSA) is 66.0 Å². The number of carboxylic acid groups (broad SMARTS) is 1. The van der Waals surface area contributed by atoms with Crippen LogP contribution in [0.15, 0.2) is 4.47 Å². The van der Waals surface area contributed by atoms with Crippen LogP contribution in [0, 0.1) is 0 Å². The Balaban J connectivity index is 2.67. The molecule has 0 bridgehead atoms. The van der Waals surface area contributed by atoms with E-state index in [2.05, 4.69) is 26.1 Å². The second kappa shape index (κ2) is 4.41. The van der Waals surface area contributed by atoms with E-state index in [1.165, 1.54) is 0 Å². The van der Waals surface area contributed by atoms with E-state index in [0.717, 1.165) is 22.3 Å². The third kappa shape index (κ3) is 2.55. The molecule has 4 nitrogen and oxygen atoms in total. The fourth-order valence-electron chi connectivity index (χ4n) is 1.04. The molecule has 72 valence electrons. The fourth-order valence-corrected chi connectivity index (χ4v) is 1.70. The number of carboxylic acids is 1. The molecule has 0 saturated carbocycles. The van der Waals surface area contributed by atoms with Gasteiger partial charge in [-0.3, -0.25) is 9.89 Å². The van der Waals surface area contributed by atoms with Crippen molar-refractivity contribution >= 4 is 21.9 Å². The number of aromatic amines is 1. The zero-order chi connectivity index (χ0) is 9.84.